The second-order valence-electron chi connectivity index (χ2n) is 7.96. The van der Waals surface area contributed by atoms with Crippen molar-refractivity contribution in [1.82, 2.24) is 5.43 Å². The van der Waals surface area contributed by atoms with Gasteiger partial charge in [0, 0.05) is 5.69 Å². The van der Waals surface area contributed by atoms with Gasteiger partial charge in [-0.3, -0.25) is 13.9 Å². The predicted octanol–water partition coefficient (Wildman–Crippen LogP) is 3.32. The van der Waals surface area contributed by atoms with Crippen molar-refractivity contribution < 1.29 is 27.1 Å². The third-order valence-corrected chi connectivity index (χ3v) is 6.24. The van der Waals surface area contributed by atoms with Gasteiger partial charge in [-0.15, -0.1) is 0 Å². The first kappa shape index (κ1) is 27.3. The third-order valence-electron chi connectivity index (χ3n) is 5.11. The number of anilines is 2. The SMILES string of the molecule is CCc1ccccc1N(CC(=O)N/N=C\c1ccc(OCC(=O)Nc2ccc(F)cc2)cc1)S(C)(=O)=O. The largest absolute Gasteiger partial charge is 0.484 e. The number of benzene rings is 3. The van der Waals surface area contributed by atoms with Gasteiger partial charge in [0.25, 0.3) is 11.8 Å². The molecule has 0 heterocycles. The summed E-state index contributed by atoms with van der Waals surface area (Å²) in [5.41, 5.74) is 4.69. The Bertz CT molecular complexity index is 1360. The van der Waals surface area contributed by atoms with E-state index in [0.717, 1.165) is 16.1 Å². The van der Waals surface area contributed by atoms with Gasteiger partial charge in [-0.1, -0.05) is 25.1 Å². The normalized spacial score (nSPS) is 11.2. The lowest BCUT2D eigenvalue weighted by molar-refractivity contribution is -0.119. The Morgan fingerprint density at radius 2 is 1.68 bits per heavy atom. The van der Waals surface area contributed by atoms with Crippen molar-refractivity contribution in [3.63, 3.8) is 0 Å². The van der Waals surface area contributed by atoms with Gasteiger partial charge in [0.05, 0.1) is 18.2 Å². The molecule has 37 heavy (non-hydrogen) atoms. The van der Waals surface area contributed by atoms with Crippen LogP contribution in [0.25, 0.3) is 0 Å². The minimum absolute atomic E-state index is 0.237. The molecule has 0 saturated carbocycles. The van der Waals surface area contributed by atoms with Crippen LogP contribution in [0.15, 0.2) is 77.9 Å². The first-order chi connectivity index (χ1) is 17.7. The zero-order chi connectivity index (χ0) is 26.8. The standard InChI is InChI=1S/C26H27FN4O5S/c1-3-20-6-4-5-7-24(20)31(37(2,34)35)17-25(32)30-28-16-19-8-14-23(15-9-19)36-18-26(33)29-22-12-10-21(27)11-13-22/h4-16H,3,17-18H2,1-2H3,(H,29,33)(H,30,32)/b28-16-. The fourth-order valence-electron chi connectivity index (χ4n) is 3.31. The molecule has 0 aromatic heterocycles. The molecule has 3 aromatic rings. The van der Waals surface area contributed by atoms with Crippen LogP contribution in [-0.4, -0.2) is 45.9 Å². The third kappa shape index (κ3) is 8.43. The molecule has 0 aliphatic heterocycles. The number of carbonyl (C=O) groups excluding carboxylic acids is 2. The van der Waals surface area contributed by atoms with E-state index in [4.69, 9.17) is 4.74 Å². The quantitative estimate of drug-likeness (QED) is 0.294. The average molecular weight is 527 g/mol. The second-order valence-corrected chi connectivity index (χ2v) is 9.86. The van der Waals surface area contributed by atoms with Crippen LogP contribution in [0.2, 0.25) is 0 Å². The van der Waals surface area contributed by atoms with Crippen LogP contribution >= 0.6 is 0 Å². The fourth-order valence-corrected chi connectivity index (χ4v) is 4.20. The van der Waals surface area contributed by atoms with Gasteiger partial charge in [-0.2, -0.15) is 5.10 Å². The minimum Gasteiger partial charge on any atom is -0.484 e. The average Bonchev–Trinajstić information content (AvgIpc) is 2.87. The number of hydrazone groups is 1. The number of sulfonamides is 1. The Morgan fingerprint density at radius 1 is 1.00 bits per heavy atom. The van der Waals surface area contributed by atoms with E-state index in [2.05, 4.69) is 15.8 Å². The lowest BCUT2D eigenvalue weighted by atomic mass is 10.1. The first-order valence-electron chi connectivity index (χ1n) is 11.3. The van der Waals surface area contributed by atoms with Crippen molar-refractivity contribution in [2.45, 2.75) is 13.3 Å². The highest BCUT2D eigenvalue weighted by molar-refractivity contribution is 7.92. The summed E-state index contributed by atoms with van der Waals surface area (Å²) in [4.78, 5) is 24.4. The summed E-state index contributed by atoms with van der Waals surface area (Å²) in [6.07, 6.45) is 3.06. The van der Waals surface area contributed by atoms with Gasteiger partial charge in [-0.25, -0.2) is 18.2 Å². The van der Waals surface area contributed by atoms with Crippen LogP contribution in [0.1, 0.15) is 18.1 Å². The maximum Gasteiger partial charge on any atom is 0.262 e. The van der Waals surface area contributed by atoms with Crippen LogP contribution in [0, 0.1) is 5.82 Å². The van der Waals surface area contributed by atoms with Gasteiger partial charge >= 0.3 is 0 Å². The topological polar surface area (TPSA) is 117 Å². The first-order valence-corrected chi connectivity index (χ1v) is 13.2. The number of hydrogen-bond acceptors (Lipinski definition) is 6. The molecule has 0 saturated heterocycles. The van der Waals surface area contributed by atoms with Crippen molar-refractivity contribution in [3.05, 3.63) is 89.7 Å². The fraction of sp³-hybridized carbons (Fsp3) is 0.192. The Balaban J connectivity index is 1.51. The molecule has 194 valence electrons. The molecular weight excluding hydrogens is 499 g/mol. The van der Waals surface area contributed by atoms with Crippen LogP contribution < -0.4 is 19.8 Å². The van der Waals surface area contributed by atoms with Crippen LogP contribution in [0.5, 0.6) is 5.75 Å². The van der Waals surface area contributed by atoms with E-state index in [0.29, 0.717) is 29.1 Å². The monoisotopic (exact) mass is 526 g/mol. The summed E-state index contributed by atoms with van der Waals surface area (Å²) in [5.74, 6) is -0.954. The summed E-state index contributed by atoms with van der Waals surface area (Å²) < 4.78 is 44.1. The number of rotatable bonds is 11. The molecule has 0 aliphatic rings. The molecule has 0 radical (unpaired) electrons. The van der Waals surface area contributed by atoms with E-state index in [9.17, 15) is 22.4 Å². The van der Waals surface area contributed by atoms with Gasteiger partial charge < -0.3 is 10.1 Å². The number of para-hydroxylation sites is 1. The van der Waals surface area contributed by atoms with E-state index < -0.39 is 34.2 Å². The van der Waals surface area contributed by atoms with Gasteiger partial charge in [0.1, 0.15) is 18.1 Å². The summed E-state index contributed by atoms with van der Waals surface area (Å²) in [7, 11) is -3.70. The maximum absolute atomic E-state index is 12.9. The summed E-state index contributed by atoms with van der Waals surface area (Å²) in [5, 5.41) is 6.49. The number of aryl methyl sites for hydroxylation is 1. The highest BCUT2D eigenvalue weighted by atomic mass is 32.2. The van der Waals surface area contributed by atoms with E-state index in [1.54, 1.807) is 36.4 Å². The molecule has 11 heteroatoms. The van der Waals surface area contributed by atoms with Crippen molar-refractivity contribution >= 4 is 39.4 Å². The smallest absolute Gasteiger partial charge is 0.262 e. The minimum atomic E-state index is -3.70. The maximum atomic E-state index is 12.9. The van der Waals surface area contributed by atoms with Gasteiger partial charge in [0.15, 0.2) is 6.61 Å². The summed E-state index contributed by atoms with van der Waals surface area (Å²) >= 11 is 0. The lowest BCUT2D eigenvalue weighted by Crippen LogP contribution is -2.39. The molecule has 3 rings (SSSR count). The van der Waals surface area contributed by atoms with Crippen molar-refractivity contribution in [3.8, 4) is 5.75 Å². The highest BCUT2D eigenvalue weighted by Gasteiger charge is 2.22. The van der Waals surface area contributed by atoms with E-state index >= 15 is 0 Å². The van der Waals surface area contributed by atoms with Crippen LogP contribution in [-0.2, 0) is 26.0 Å². The molecule has 3 aromatic carbocycles. The molecule has 2 N–H and O–H groups in total. The molecule has 0 fully saturated rings. The van der Waals surface area contributed by atoms with Crippen molar-refractivity contribution in [2.24, 2.45) is 5.10 Å². The van der Waals surface area contributed by atoms with Crippen LogP contribution in [0.3, 0.4) is 0 Å². The molecule has 2 amide bonds. The van der Waals surface area contributed by atoms with E-state index in [-0.39, 0.29) is 6.61 Å². The summed E-state index contributed by atoms with van der Waals surface area (Å²) in [6, 6.07) is 19.0. The number of nitrogens with one attached hydrogen (secondary N) is 2. The Hall–Kier alpha value is -4.25. The Labute approximate surface area is 215 Å². The number of carbonyl (C=O) groups is 2. The molecule has 0 spiro atoms. The zero-order valence-corrected chi connectivity index (χ0v) is 21.2. The van der Waals surface area contributed by atoms with Gasteiger partial charge in [-0.05, 0) is 72.1 Å². The Morgan fingerprint density at radius 3 is 2.32 bits per heavy atom. The zero-order valence-electron chi connectivity index (χ0n) is 20.3. The highest BCUT2D eigenvalue weighted by Crippen LogP contribution is 2.23. The van der Waals surface area contributed by atoms with Gasteiger partial charge in [0.2, 0.25) is 10.0 Å². The number of hydrogen-bond donors (Lipinski definition) is 2. The number of halogens is 1. The van der Waals surface area contributed by atoms with Crippen molar-refractivity contribution in [2.75, 3.05) is 29.0 Å². The number of ether oxygens (including phenoxy) is 1. The van der Waals surface area contributed by atoms with E-state index in [1.807, 2.05) is 19.1 Å². The molecular formula is C26H27FN4O5S. The molecule has 0 unspecified atom stereocenters. The molecule has 0 aliphatic carbocycles. The number of amides is 2. The van der Waals surface area contributed by atoms with Crippen LogP contribution in [0.4, 0.5) is 15.8 Å². The second kappa shape index (κ2) is 12.6. The van der Waals surface area contributed by atoms with E-state index in [1.165, 1.54) is 30.5 Å². The molecule has 0 atom stereocenters. The Kier molecular flexibility index (Phi) is 9.33. The summed E-state index contributed by atoms with van der Waals surface area (Å²) in [6.45, 7) is 1.25. The molecule has 9 nitrogen and oxygen atoms in total. The van der Waals surface area contributed by atoms with Crippen molar-refractivity contribution in [1.29, 1.82) is 0 Å². The molecule has 0 bridgehead atoms. The predicted molar refractivity (Wildman–Crippen MR) is 141 cm³/mol. The number of nitrogens with zero attached hydrogens (tertiary/aromatic N) is 2. The lowest BCUT2D eigenvalue weighted by Gasteiger charge is -2.23.